The summed E-state index contributed by atoms with van der Waals surface area (Å²) in [5, 5.41) is 3.56. The molecule has 0 aliphatic rings. The van der Waals surface area contributed by atoms with Crippen LogP contribution in [0.1, 0.15) is 44.0 Å². The summed E-state index contributed by atoms with van der Waals surface area (Å²) in [6.45, 7) is 5.47. The molecule has 1 nitrogen and oxygen atoms in total. The topological polar surface area (TPSA) is 12.0 Å². The molecule has 0 aliphatic carbocycles. The minimum absolute atomic E-state index is 0.462. The van der Waals surface area contributed by atoms with Gasteiger partial charge in [0.05, 0.1) is 0 Å². The van der Waals surface area contributed by atoms with Crippen LogP contribution in [0.5, 0.6) is 0 Å². The zero-order valence-electron chi connectivity index (χ0n) is 9.15. The average molecular weight is 311 g/mol. The summed E-state index contributed by atoms with van der Waals surface area (Å²) in [6.07, 6.45) is 3.53. The van der Waals surface area contributed by atoms with Crippen LogP contribution in [0.15, 0.2) is 10.5 Å². The number of hydrogen-bond donors (Lipinski definition) is 1. The Morgan fingerprint density at radius 3 is 2.67 bits per heavy atom. The van der Waals surface area contributed by atoms with E-state index in [1.165, 1.54) is 24.1 Å². The van der Waals surface area contributed by atoms with Gasteiger partial charge in [0.2, 0.25) is 0 Å². The predicted molar refractivity (Wildman–Crippen MR) is 73.0 cm³/mol. The fourth-order valence-electron chi connectivity index (χ4n) is 1.49. The molecule has 0 aromatic carbocycles. The van der Waals surface area contributed by atoms with Crippen molar-refractivity contribution in [3.05, 3.63) is 19.8 Å². The van der Waals surface area contributed by atoms with E-state index in [1.54, 1.807) is 11.3 Å². The smallest absolute Gasteiger partial charge is 0.107 e. The van der Waals surface area contributed by atoms with Crippen molar-refractivity contribution < 1.29 is 0 Å². The van der Waals surface area contributed by atoms with Gasteiger partial charge in [-0.2, -0.15) is 0 Å². The van der Waals surface area contributed by atoms with Gasteiger partial charge in [-0.15, -0.1) is 11.3 Å². The molecule has 86 valence electrons. The third kappa shape index (κ3) is 4.06. The highest BCUT2D eigenvalue weighted by Crippen LogP contribution is 2.36. The summed E-state index contributed by atoms with van der Waals surface area (Å²) >= 11 is 11.2. The van der Waals surface area contributed by atoms with Crippen molar-refractivity contribution in [3.63, 3.8) is 0 Å². The molecule has 0 bridgehead atoms. The monoisotopic (exact) mass is 309 g/mol. The second-order valence-electron chi connectivity index (χ2n) is 3.57. The Kier molecular flexibility index (Phi) is 6.20. The van der Waals surface area contributed by atoms with Crippen LogP contribution >= 0.6 is 38.9 Å². The molecule has 0 spiro atoms. The van der Waals surface area contributed by atoms with E-state index in [1.807, 2.05) is 0 Å². The molecule has 15 heavy (non-hydrogen) atoms. The minimum Gasteiger partial charge on any atom is -0.309 e. The van der Waals surface area contributed by atoms with Crippen molar-refractivity contribution in [1.29, 1.82) is 0 Å². The van der Waals surface area contributed by atoms with Crippen LogP contribution < -0.4 is 5.32 Å². The molecular formula is C11H17BrClNS. The molecule has 1 heterocycles. The molecule has 0 fully saturated rings. The van der Waals surface area contributed by atoms with Gasteiger partial charge in [0.1, 0.15) is 4.34 Å². The maximum absolute atomic E-state index is 6.05. The Morgan fingerprint density at radius 1 is 1.47 bits per heavy atom. The molecule has 1 aromatic rings. The maximum Gasteiger partial charge on any atom is 0.107 e. The second kappa shape index (κ2) is 6.89. The van der Waals surface area contributed by atoms with Gasteiger partial charge in [-0.3, -0.25) is 0 Å². The van der Waals surface area contributed by atoms with Crippen molar-refractivity contribution in [3.8, 4) is 0 Å². The molecule has 1 unspecified atom stereocenters. The second-order valence-corrected chi connectivity index (χ2v) is 6.11. The summed E-state index contributed by atoms with van der Waals surface area (Å²) in [6, 6.07) is 2.60. The Labute approximate surface area is 109 Å². The van der Waals surface area contributed by atoms with Crippen LogP contribution in [0.25, 0.3) is 0 Å². The lowest BCUT2D eigenvalue weighted by atomic mass is 10.1. The van der Waals surface area contributed by atoms with E-state index in [4.69, 9.17) is 11.6 Å². The Bertz CT molecular complexity index is 281. The lowest BCUT2D eigenvalue weighted by Crippen LogP contribution is -2.21. The van der Waals surface area contributed by atoms with Crippen molar-refractivity contribution in [2.45, 2.75) is 39.2 Å². The van der Waals surface area contributed by atoms with Crippen molar-refractivity contribution in [1.82, 2.24) is 5.32 Å². The largest absolute Gasteiger partial charge is 0.309 e. The number of thiophene rings is 1. The van der Waals surface area contributed by atoms with Crippen LogP contribution in [0.2, 0.25) is 4.34 Å². The van der Waals surface area contributed by atoms with Crippen molar-refractivity contribution >= 4 is 38.9 Å². The van der Waals surface area contributed by atoms with Crippen LogP contribution in [-0.2, 0) is 0 Å². The van der Waals surface area contributed by atoms with Crippen LogP contribution in [-0.4, -0.2) is 6.54 Å². The van der Waals surface area contributed by atoms with E-state index in [0.29, 0.717) is 6.04 Å². The third-order valence-corrected chi connectivity index (χ3v) is 4.81. The summed E-state index contributed by atoms with van der Waals surface area (Å²) in [5.41, 5.74) is 0. The molecule has 0 radical (unpaired) electrons. The van der Waals surface area contributed by atoms with Gasteiger partial charge in [-0.25, -0.2) is 0 Å². The van der Waals surface area contributed by atoms with Crippen LogP contribution in [0.4, 0.5) is 0 Å². The maximum atomic E-state index is 6.05. The molecule has 4 heteroatoms. The highest BCUT2D eigenvalue weighted by atomic mass is 79.9. The summed E-state index contributed by atoms with van der Waals surface area (Å²) in [5.74, 6) is 0. The van der Waals surface area contributed by atoms with Crippen molar-refractivity contribution in [2.75, 3.05) is 6.54 Å². The predicted octanol–water partition coefficient (Wildman–Crippen LogP) is 5.00. The number of nitrogens with one attached hydrogen (secondary N) is 1. The lowest BCUT2D eigenvalue weighted by molar-refractivity contribution is 0.500. The Morgan fingerprint density at radius 2 is 2.20 bits per heavy atom. The highest BCUT2D eigenvalue weighted by molar-refractivity contribution is 9.10. The molecule has 1 aromatic heterocycles. The highest BCUT2D eigenvalue weighted by Gasteiger charge is 2.14. The van der Waals surface area contributed by atoms with E-state index in [-0.39, 0.29) is 0 Å². The Balaban J connectivity index is 2.69. The van der Waals surface area contributed by atoms with E-state index in [9.17, 15) is 0 Å². The summed E-state index contributed by atoms with van der Waals surface area (Å²) in [4.78, 5) is 1.34. The molecule has 0 amide bonds. The zero-order chi connectivity index (χ0) is 11.3. The molecule has 0 saturated carbocycles. The molecule has 1 rings (SSSR count). The van der Waals surface area contributed by atoms with E-state index in [2.05, 4.69) is 41.2 Å². The Hall–Kier alpha value is 0.430. The first-order valence-electron chi connectivity index (χ1n) is 5.37. The minimum atomic E-state index is 0.462. The first-order valence-corrected chi connectivity index (χ1v) is 7.35. The van der Waals surface area contributed by atoms with Crippen molar-refractivity contribution in [2.24, 2.45) is 0 Å². The van der Waals surface area contributed by atoms with E-state index >= 15 is 0 Å². The normalized spacial score (nSPS) is 13.1. The van der Waals surface area contributed by atoms with Gasteiger partial charge in [0.15, 0.2) is 0 Å². The average Bonchev–Trinajstić information content (AvgIpc) is 2.54. The van der Waals surface area contributed by atoms with Gasteiger partial charge < -0.3 is 5.32 Å². The molecule has 0 saturated heterocycles. The number of halogens is 2. The first kappa shape index (κ1) is 13.5. The fourth-order valence-corrected chi connectivity index (χ4v) is 3.33. The van der Waals surface area contributed by atoms with Gasteiger partial charge in [-0.1, -0.05) is 31.9 Å². The molecule has 0 aliphatic heterocycles. The third-order valence-electron chi connectivity index (χ3n) is 2.23. The quantitative estimate of drug-likeness (QED) is 0.779. The van der Waals surface area contributed by atoms with Crippen LogP contribution in [0.3, 0.4) is 0 Å². The van der Waals surface area contributed by atoms with Gasteiger partial charge in [0, 0.05) is 15.4 Å². The summed E-state index contributed by atoms with van der Waals surface area (Å²) in [7, 11) is 0. The SMILES string of the molecule is CCCNC(CCC)c1cc(Br)c(Cl)s1. The molecular weight excluding hydrogens is 294 g/mol. The van der Waals surface area contributed by atoms with Crippen LogP contribution in [0, 0.1) is 0 Å². The first-order chi connectivity index (χ1) is 7.19. The fraction of sp³-hybridized carbons (Fsp3) is 0.636. The standard InChI is InChI=1S/C11H17BrClNS/c1-3-5-9(14-6-4-2)10-7-8(12)11(13)15-10/h7,9,14H,3-6H2,1-2H3. The zero-order valence-corrected chi connectivity index (χ0v) is 12.3. The summed E-state index contributed by atoms with van der Waals surface area (Å²) < 4.78 is 1.87. The molecule has 1 atom stereocenters. The van der Waals surface area contributed by atoms with Gasteiger partial charge in [-0.05, 0) is 41.4 Å². The van der Waals surface area contributed by atoms with E-state index < -0.39 is 0 Å². The lowest BCUT2D eigenvalue weighted by Gasteiger charge is -2.15. The number of hydrogen-bond acceptors (Lipinski definition) is 2. The van der Waals surface area contributed by atoms with Gasteiger partial charge >= 0.3 is 0 Å². The number of rotatable bonds is 6. The van der Waals surface area contributed by atoms with Gasteiger partial charge in [0.25, 0.3) is 0 Å². The molecule has 1 N–H and O–H groups in total. The van der Waals surface area contributed by atoms with E-state index in [0.717, 1.165) is 15.4 Å².